The van der Waals surface area contributed by atoms with Gasteiger partial charge in [-0.15, -0.1) is 0 Å². The summed E-state index contributed by atoms with van der Waals surface area (Å²) in [7, 11) is 0. The first kappa shape index (κ1) is 17.8. The van der Waals surface area contributed by atoms with Crippen molar-refractivity contribution in [2.45, 2.75) is 57.5 Å². The molecule has 1 saturated heterocycles. The lowest BCUT2D eigenvalue weighted by Crippen LogP contribution is -2.46. The Morgan fingerprint density at radius 3 is 1.85 bits per heavy atom. The van der Waals surface area contributed by atoms with Crippen molar-refractivity contribution >= 4 is 11.9 Å². The lowest BCUT2D eigenvalue weighted by Gasteiger charge is -2.32. The summed E-state index contributed by atoms with van der Waals surface area (Å²) in [6.07, 6.45) is 5.44. The molecule has 27 heavy (non-hydrogen) atoms. The van der Waals surface area contributed by atoms with Crippen LogP contribution < -0.4 is 5.32 Å². The number of nitrogens with zero attached hydrogens (tertiary/aromatic N) is 1. The van der Waals surface area contributed by atoms with Crippen molar-refractivity contribution in [1.29, 1.82) is 5.41 Å². The quantitative estimate of drug-likeness (QED) is 0.859. The Bertz CT molecular complexity index is 803. The highest BCUT2D eigenvalue weighted by atomic mass is 16.2. The van der Waals surface area contributed by atoms with Crippen LogP contribution in [0.3, 0.4) is 0 Å². The van der Waals surface area contributed by atoms with Crippen LogP contribution in [-0.4, -0.2) is 22.8 Å². The van der Waals surface area contributed by atoms with Gasteiger partial charge >= 0.3 is 0 Å². The van der Waals surface area contributed by atoms with E-state index in [1.165, 1.54) is 6.42 Å². The summed E-state index contributed by atoms with van der Waals surface area (Å²) in [6, 6.07) is 16.3. The standard InChI is InChI=1S/C23H27N3O/c1-16-8-12-18(13-9-16)23(19-14-10-17(2)11-15-19)21(27)26(22(24)25-23)20-6-4-3-5-7-20/h8-15,20H,3-7H2,1-2H3,(H2,24,25). The van der Waals surface area contributed by atoms with Crippen LogP contribution >= 0.6 is 0 Å². The SMILES string of the molecule is Cc1ccc(C2(c3ccc(C)cc3)NC(=N)N(C3CCCCC3)C2=O)cc1. The average molecular weight is 361 g/mol. The molecule has 4 rings (SSSR count). The summed E-state index contributed by atoms with van der Waals surface area (Å²) in [5, 5.41) is 11.9. The largest absolute Gasteiger partial charge is 0.334 e. The van der Waals surface area contributed by atoms with Crippen molar-refractivity contribution in [3.63, 3.8) is 0 Å². The first-order valence-electron chi connectivity index (χ1n) is 9.87. The third-order valence-electron chi connectivity index (χ3n) is 6.00. The Hall–Kier alpha value is -2.62. The molecule has 2 N–H and O–H groups in total. The molecule has 2 fully saturated rings. The molecule has 0 radical (unpaired) electrons. The summed E-state index contributed by atoms with van der Waals surface area (Å²) in [5.74, 6) is 0.208. The highest BCUT2D eigenvalue weighted by Crippen LogP contribution is 2.38. The van der Waals surface area contributed by atoms with E-state index in [1.54, 1.807) is 4.90 Å². The maximum Gasteiger partial charge on any atom is 0.264 e. The van der Waals surface area contributed by atoms with Gasteiger partial charge in [0, 0.05) is 6.04 Å². The molecule has 2 aromatic carbocycles. The zero-order valence-electron chi connectivity index (χ0n) is 16.1. The van der Waals surface area contributed by atoms with E-state index in [4.69, 9.17) is 5.41 Å². The maximum atomic E-state index is 13.8. The fraction of sp³-hybridized carbons (Fsp3) is 0.391. The molecule has 0 aromatic heterocycles. The van der Waals surface area contributed by atoms with E-state index in [9.17, 15) is 4.79 Å². The maximum absolute atomic E-state index is 13.8. The monoisotopic (exact) mass is 361 g/mol. The van der Waals surface area contributed by atoms with Gasteiger partial charge in [0.05, 0.1) is 0 Å². The second kappa shape index (κ2) is 6.84. The molecule has 0 bridgehead atoms. The number of aryl methyl sites for hydroxylation is 2. The van der Waals surface area contributed by atoms with E-state index < -0.39 is 5.54 Å². The highest BCUT2D eigenvalue weighted by Gasteiger charge is 2.53. The molecule has 4 heteroatoms. The second-order valence-electron chi connectivity index (χ2n) is 7.92. The van der Waals surface area contributed by atoms with Crippen LogP contribution in [-0.2, 0) is 10.3 Å². The molecular weight excluding hydrogens is 334 g/mol. The number of carbonyl (C=O) groups is 1. The van der Waals surface area contributed by atoms with Crippen molar-refractivity contribution in [2.75, 3.05) is 0 Å². The first-order valence-corrected chi connectivity index (χ1v) is 9.87. The van der Waals surface area contributed by atoms with Crippen LogP contribution in [0.5, 0.6) is 0 Å². The molecule has 1 amide bonds. The van der Waals surface area contributed by atoms with Crippen LogP contribution in [0.2, 0.25) is 0 Å². The lowest BCUT2D eigenvalue weighted by molar-refractivity contribution is -0.131. The molecule has 2 aromatic rings. The van der Waals surface area contributed by atoms with E-state index in [2.05, 4.69) is 5.32 Å². The van der Waals surface area contributed by atoms with Gasteiger partial charge in [-0.1, -0.05) is 78.9 Å². The first-order chi connectivity index (χ1) is 13.0. The minimum atomic E-state index is -1.02. The van der Waals surface area contributed by atoms with Gasteiger partial charge in [-0.25, -0.2) is 0 Å². The normalized spacial score (nSPS) is 20.0. The van der Waals surface area contributed by atoms with Gasteiger partial charge in [0.1, 0.15) is 0 Å². The molecule has 0 unspecified atom stereocenters. The van der Waals surface area contributed by atoms with Gasteiger partial charge < -0.3 is 5.32 Å². The Kier molecular flexibility index (Phi) is 4.50. The molecule has 0 spiro atoms. The van der Waals surface area contributed by atoms with Gasteiger partial charge in [-0.2, -0.15) is 0 Å². The molecule has 1 aliphatic carbocycles. The van der Waals surface area contributed by atoms with E-state index in [-0.39, 0.29) is 17.9 Å². The molecular formula is C23H27N3O. The number of hydrogen-bond donors (Lipinski definition) is 2. The van der Waals surface area contributed by atoms with Gasteiger partial charge in [-0.3, -0.25) is 15.1 Å². The molecule has 1 heterocycles. The number of benzene rings is 2. The van der Waals surface area contributed by atoms with E-state index in [0.717, 1.165) is 47.9 Å². The highest BCUT2D eigenvalue weighted by molar-refractivity contribution is 6.10. The fourth-order valence-electron chi connectivity index (χ4n) is 4.43. The van der Waals surface area contributed by atoms with Crippen molar-refractivity contribution < 1.29 is 4.79 Å². The zero-order valence-corrected chi connectivity index (χ0v) is 16.1. The fourth-order valence-corrected chi connectivity index (χ4v) is 4.43. The molecule has 2 aliphatic rings. The van der Waals surface area contributed by atoms with Gasteiger partial charge in [0.2, 0.25) is 0 Å². The predicted octanol–water partition coefficient (Wildman–Crippen LogP) is 4.25. The number of rotatable bonds is 3. The van der Waals surface area contributed by atoms with E-state index >= 15 is 0 Å². The molecule has 1 aliphatic heterocycles. The number of nitrogens with one attached hydrogen (secondary N) is 2. The van der Waals surface area contributed by atoms with Crippen molar-refractivity contribution in [3.8, 4) is 0 Å². The summed E-state index contributed by atoms with van der Waals surface area (Å²) in [6.45, 7) is 4.09. The Morgan fingerprint density at radius 2 is 1.37 bits per heavy atom. The molecule has 140 valence electrons. The molecule has 1 saturated carbocycles. The van der Waals surface area contributed by atoms with Crippen LogP contribution in [0, 0.1) is 19.3 Å². The zero-order chi connectivity index (χ0) is 19.0. The summed E-state index contributed by atoms with van der Waals surface area (Å²) in [4.78, 5) is 15.6. The summed E-state index contributed by atoms with van der Waals surface area (Å²) in [5.41, 5.74) is 3.08. The van der Waals surface area contributed by atoms with Crippen molar-refractivity contribution in [2.24, 2.45) is 0 Å². The van der Waals surface area contributed by atoms with Crippen LogP contribution in [0.1, 0.15) is 54.4 Å². The Morgan fingerprint density at radius 1 is 0.889 bits per heavy atom. The predicted molar refractivity (Wildman–Crippen MR) is 108 cm³/mol. The summed E-state index contributed by atoms with van der Waals surface area (Å²) < 4.78 is 0. The minimum absolute atomic E-state index is 0.0212. The van der Waals surface area contributed by atoms with E-state index in [1.807, 2.05) is 62.4 Å². The third kappa shape index (κ3) is 2.93. The Labute approximate surface area is 161 Å². The van der Waals surface area contributed by atoms with E-state index in [0.29, 0.717) is 0 Å². The minimum Gasteiger partial charge on any atom is -0.334 e. The van der Waals surface area contributed by atoms with Gasteiger partial charge in [-0.05, 0) is 37.8 Å². The van der Waals surface area contributed by atoms with Crippen molar-refractivity contribution in [1.82, 2.24) is 10.2 Å². The molecule has 0 atom stereocenters. The van der Waals surface area contributed by atoms with Crippen LogP contribution in [0.4, 0.5) is 0 Å². The van der Waals surface area contributed by atoms with Crippen molar-refractivity contribution in [3.05, 3.63) is 70.8 Å². The number of carbonyl (C=O) groups excluding carboxylic acids is 1. The topological polar surface area (TPSA) is 56.2 Å². The molecule has 4 nitrogen and oxygen atoms in total. The number of amides is 1. The number of hydrogen-bond acceptors (Lipinski definition) is 2. The third-order valence-corrected chi connectivity index (χ3v) is 6.00. The smallest absolute Gasteiger partial charge is 0.264 e. The average Bonchev–Trinajstić information content (AvgIpc) is 2.95. The van der Waals surface area contributed by atoms with Gasteiger partial charge in [0.25, 0.3) is 5.91 Å². The van der Waals surface area contributed by atoms with Gasteiger partial charge in [0.15, 0.2) is 11.5 Å². The summed E-state index contributed by atoms with van der Waals surface area (Å²) >= 11 is 0. The Balaban J connectivity index is 1.83. The van der Waals surface area contributed by atoms with Crippen LogP contribution in [0.25, 0.3) is 0 Å². The lowest BCUT2D eigenvalue weighted by atomic mass is 9.81. The second-order valence-corrected chi connectivity index (χ2v) is 7.92. The number of guanidine groups is 1. The van der Waals surface area contributed by atoms with Crippen LogP contribution in [0.15, 0.2) is 48.5 Å².